The maximum absolute atomic E-state index is 10.9. The molecule has 1 aromatic heterocycles. The number of nitrogens with two attached hydrogens (primary N) is 1. The van der Waals surface area contributed by atoms with Crippen LogP contribution in [0.25, 0.3) is 11.1 Å². The molecule has 1 amide bonds. The number of carbonyl (C=O) groups excluding carboxylic acids is 1. The van der Waals surface area contributed by atoms with E-state index in [-0.39, 0.29) is 5.92 Å². The summed E-state index contributed by atoms with van der Waals surface area (Å²) in [5.74, 6) is 0.608. The molecule has 1 aliphatic heterocycles. The van der Waals surface area contributed by atoms with Crippen LogP contribution < -0.4 is 5.73 Å². The Bertz CT molecular complexity index is 919. The van der Waals surface area contributed by atoms with E-state index in [9.17, 15) is 4.79 Å². The van der Waals surface area contributed by atoms with Gasteiger partial charge in [-0.05, 0) is 67.7 Å². The summed E-state index contributed by atoms with van der Waals surface area (Å²) in [6.45, 7) is 9.32. The molecule has 1 unspecified atom stereocenters. The normalized spacial score (nSPS) is 16.3. The van der Waals surface area contributed by atoms with E-state index in [4.69, 9.17) is 22.7 Å². The number of aryl methyl sites for hydroxylation is 1. The second-order valence-corrected chi connectivity index (χ2v) is 8.45. The fourth-order valence-corrected chi connectivity index (χ4v) is 3.46. The van der Waals surface area contributed by atoms with Crippen LogP contribution in [0.15, 0.2) is 48.2 Å². The summed E-state index contributed by atoms with van der Waals surface area (Å²) < 4.78 is 0. The van der Waals surface area contributed by atoms with Gasteiger partial charge in [-0.25, -0.2) is 0 Å². The number of rotatable bonds is 5. The fraction of sp³-hybridized carbons (Fsp3) is 0.375. The third-order valence-electron chi connectivity index (χ3n) is 4.92. The smallest absolute Gasteiger partial charge is 0.209 e. The number of amides is 1. The first-order valence-corrected chi connectivity index (χ1v) is 10.5. The molecule has 1 aliphatic rings. The number of likely N-dealkylation sites (tertiary alicyclic amines) is 1. The van der Waals surface area contributed by atoms with Gasteiger partial charge in [-0.3, -0.25) is 9.78 Å². The van der Waals surface area contributed by atoms with Gasteiger partial charge in [-0.15, -0.1) is 0 Å². The first-order valence-electron chi connectivity index (χ1n) is 10.2. The summed E-state index contributed by atoms with van der Waals surface area (Å²) >= 11 is 6.08. The van der Waals surface area contributed by atoms with Gasteiger partial charge in [0.2, 0.25) is 6.41 Å². The van der Waals surface area contributed by atoms with Gasteiger partial charge in [0.15, 0.2) is 0 Å². The van der Waals surface area contributed by atoms with Crippen molar-refractivity contribution in [2.75, 3.05) is 13.1 Å². The van der Waals surface area contributed by atoms with E-state index in [1.54, 1.807) is 13.0 Å². The monoisotopic (exact) mass is 426 g/mol. The van der Waals surface area contributed by atoms with E-state index in [1.165, 1.54) is 0 Å². The molecule has 2 aromatic rings. The summed E-state index contributed by atoms with van der Waals surface area (Å²) in [6, 6.07) is 12.0. The minimum absolute atomic E-state index is 0.281. The van der Waals surface area contributed by atoms with Crippen LogP contribution in [0.4, 0.5) is 0 Å². The molecule has 0 bridgehead atoms. The van der Waals surface area contributed by atoms with Crippen molar-refractivity contribution in [3.63, 3.8) is 0 Å². The third kappa shape index (κ3) is 6.99. The van der Waals surface area contributed by atoms with Gasteiger partial charge in [0, 0.05) is 46.8 Å². The Morgan fingerprint density at radius 2 is 2.03 bits per heavy atom. The van der Waals surface area contributed by atoms with Gasteiger partial charge in [0.25, 0.3) is 0 Å². The first-order chi connectivity index (χ1) is 14.2. The molecule has 5 nitrogen and oxygen atoms in total. The van der Waals surface area contributed by atoms with Crippen molar-refractivity contribution < 1.29 is 4.79 Å². The Kier molecular flexibility index (Phi) is 8.60. The van der Waals surface area contributed by atoms with Gasteiger partial charge >= 0.3 is 0 Å². The van der Waals surface area contributed by atoms with E-state index < -0.39 is 0 Å². The lowest BCUT2D eigenvalue weighted by Crippen LogP contribution is -2.17. The molecule has 3 rings (SSSR count). The van der Waals surface area contributed by atoms with Crippen molar-refractivity contribution in [3.8, 4) is 11.1 Å². The SMILES string of the molecule is C/C(N)=C/C(=N)C(C)C.Cc1cc(-c2cccc(Cl)c2)cc(C2CCN(C=O)C2)n1. The number of hydrogen-bond donors (Lipinski definition) is 2. The highest BCUT2D eigenvalue weighted by molar-refractivity contribution is 6.30. The zero-order chi connectivity index (χ0) is 22.3. The summed E-state index contributed by atoms with van der Waals surface area (Å²) in [4.78, 5) is 17.3. The molecule has 1 atom stereocenters. The van der Waals surface area contributed by atoms with Crippen LogP contribution in [0.1, 0.15) is 44.5 Å². The molecular weight excluding hydrogens is 396 g/mol. The second kappa shape index (κ2) is 10.9. The largest absolute Gasteiger partial charge is 0.402 e. The predicted octanol–water partition coefficient (Wildman–Crippen LogP) is 5.18. The zero-order valence-corrected chi connectivity index (χ0v) is 18.9. The van der Waals surface area contributed by atoms with Crippen molar-refractivity contribution in [2.45, 2.75) is 40.0 Å². The lowest BCUT2D eigenvalue weighted by atomic mass is 9.98. The quantitative estimate of drug-likeness (QED) is 0.510. The second-order valence-electron chi connectivity index (χ2n) is 8.02. The van der Waals surface area contributed by atoms with Gasteiger partial charge in [0.05, 0.1) is 0 Å². The van der Waals surface area contributed by atoms with Crippen LogP contribution >= 0.6 is 11.6 Å². The molecular formula is C24H31ClN4O. The van der Waals surface area contributed by atoms with Crippen LogP contribution in [0.5, 0.6) is 0 Å². The summed E-state index contributed by atoms with van der Waals surface area (Å²) in [5.41, 5.74) is 10.9. The van der Waals surface area contributed by atoms with Crippen molar-refractivity contribution in [2.24, 2.45) is 11.7 Å². The number of aromatic nitrogens is 1. The molecule has 0 aliphatic carbocycles. The van der Waals surface area contributed by atoms with Crippen molar-refractivity contribution in [1.82, 2.24) is 9.88 Å². The summed E-state index contributed by atoms with van der Waals surface area (Å²) in [5, 5.41) is 8.05. The molecule has 1 fully saturated rings. The van der Waals surface area contributed by atoms with E-state index in [0.717, 1.165) is 53.5 Å². The Morgan fingerprint density at radius 3 is 2.57 bits per heavy atom. The van der Waals surface area contributed by atoms with E-state index in [2.05, 4.69) is 23.2 Å². The highest BCUT2D eigenvalue weighted by Gasteiger charge is 2.24. The molecule has 6 heteroatoms. The minimum Gasteiger partial charge on any atom is -0.402 e. The van der Waals surface area contributed by atoms with Crippen LogP contribution in [-0.4, -0.2) is 35.1 Å². The Labute approximate surface area is 184 Å². The molecule has 0 saturated carbocycles. The highest BCUT2D eigenvalue weighted by atomic mass is 35.5. The van der Waals surface area contributed by atoms with Crippen molar-refractivity contribution in [1.29, 1.82) is 5.41 Å². The molecule has 3 N–H and O–H groups in total. The van der Waals surface area contributed by atoms with Gasteiger partial charge in [-0.2, -0.15) is 0 Å². The molecule has 1 saturated heterocycles. The van der Waals surface area contributed by atoms with Gasteiger partial charge < -0.3 is 16.0 Å². The van der Waals surface area contributed by atoms with Crippen LogP contribution in [0, 0.1) is 18.3 Å². The van der Waals surface area contributed by atoms with E-state index in [0.29, 0.717) is 17.3 Å². The third-order valence-corrected chi connectivity index (χ3v) is 5.16. The number of carbonyl (C=O) groups is 1. The standard InChI is InChI=1S/C17H17ClN2O.C7H14N2/c1-12-7-15(13-3-2-4-16(18)8-13)9-17(19-12)14-5-6-20(10-14)11-21;1-5(2)7(9)4-6(3)8/h2-4,7-9,11,14H,5-6,10H2,1H3;4-5,9H,8H2,1-3H3/b;6-4-,9-7?. The molecule has 2 heterocycles. The summed E-state index contributed by atoms with van der Waals surface area (Å²) in [6.07, 6.45) is 3.59. The molecule has 160 valence electrons. The number of hydrogen-bond acceptors (Lipinski definition) is 4. The highest BCUT2D eigenvalue weighted by Crippen LogP contribution is 2.30. The first kappa shape index (κ1) is 23.6. The van der Waals surface area contributed by atoms with Crippen LogP contribution in [-0.2, 0) is 4.79 Å². The number of nitrogens with zero attached hydrogens (tertiary/aromatic N) is 2. The molecule has 30 heavy (non-hydrogen) atoms. The van der Waals surface area contributed by atoms with Crippen LogP contribution in [0.3, 0.4) is 0 Å². The number of nitrogens with one attached hydrogen (secondary N) is 1. The lowest BCUT2D eigenvalue weighted by molar-refractivity contribution is -0.117. The Hall–Kier alpha value is -2.66. The van der Waals surface area contributed by atoms with Gasteiger partial charge in [-0.1, -0.05) is 37.6 Å². The number of allylic oxidation sites excluding steroid dienone is 2. The predicted molar refractivity (Wildman–Crippen MR) is 125 cm³/mol. The average Bonchev–Trinajstić information content (AvgIpc) is 3.17. The van der Waals surface area contributed by atoms with Crippen LogP contribution in [0.2, 0.25) is 5.02 Å². The molecule has 0 radical (unpaired) electrons. The Balaban J connectivity index is 0.000000303. The van der Waals surface area contributed by atoms with Gasteiger partial charge in [0.1, 0.15) is 0 Å². The zero-order valence-electron chi connectivity index (χ0n) is 18.2. The number of halogens is 1. The van der Waals surface area contributed by atoms with E-state index >= 15 is 0 Å². The molecule has 1 aromatic carbocycles. The number of benzene rings is 1. The maximum Gasteiger partial charge on any atom is 0.209 e. The maximum atomic E-state index is 10.9. The Morgan fingerprint density at radius 1 is 1.30 bits per heavy atom. The fourth-order valence-electron chi connectivity index (χ4n) is 3.27. The average molecular weight is 427 g/mol. The van der Waals surface area contributed by atoms with Crippen molar-refractivity contribution in [3.05, 3.63) is 64.6 Å². The minimum atomic E-state index is 0.281. The summed E-state index contributed by atoms with van der Waals surface area (Å²) in [7, 11) is 0. The number of pyridine rings is 1. The topological polar surface area (TPSA) is 83.1 Å². The lowest BCUT2D eigenvalue weighted by Gasteiger charge is -2.13. The van der Waals surface area contributed by atoms with Crippen molar-refractivity contribution >= 4 is 23.7 Å². The van der Waals surface area contributed by atoms with E-state index in [1.807, 2.05) is 43.9 Å². The molecule has 0 spiro atoms.